The summed E-state index contributed by atoms with van der Waals surface area (Å²) >= 11 is 1.57. The Morgan fingerprint density at radius 2 is 1.56 bits per heavy atom. The van der Waals surface area contributed by atoms with E-state index in [1.807, 2.05) is 94.7 Å². The van der Waals surface area contributed by atoms with Crippen LogP contribution in [0.2, 0.25) is 0 Å². The molecule has 1 aromatic heterocycles. The Morgan fingerprint density at radius 1 is 0.873 bits per heavy atom. The zero-order valence-electron chi connectivity index (χ0n) is 41.6. The monoisotopic (exact) mass is 1010 g/mol. The van der Waals surface area contributed by atoms with Crippen LogP contribution in [0.25, 0.3) is 10.4 Å². The van der Waals surface area contributed by atoms with Crippen LogP contribution in [0, 0.1) is 12.3 Å². The number of likely N-dealkylation sites (tertiary alicyclic amines) is 1. The van der Waals surface area contributed by atoms with Crippen molar-refractivity contribution in [3.05, 3.63) is 106 Å². The second kappa shape index (κ2) is 24.2. The second-order valence-corrected chi connectivity index (χ2v) is 21.4. The standard InChI is InChI=1S/C54H70N8O7S.ClH/c1-32(36-18-20-38(21-19-36)48-33(2)57-31-70-48)58-50(66)43-29-41(63)30-61(43)53(69)49(54(3,4)5)60-46(65)16-8-6-7-11-34-12-9-13-35(27-34)17-23-40(24-26-45(56)64)59-51(67)44-28-39-15-10-14-37-22-25-42(55)52(68)62(44)47(37)39;/h9-10,12-15,18-21,27,31-32,40-44,49,63H,6-8,11,16-17,22-26,28-30,55H2,1-5H3,(H2,56,64)(H,58,66)(H,59,67)(H,60,65);1H/t32-,40+,41+,42-,43-,44-,49+;/m0./s1. The number of nitrogens with one attached hydrogen (secondary N) is 3. The number of halogens is 1. The molecule has 0 radical (unpaired) electrons. The third-order valence-electron chi connectivity index (χ3n) is 14.0. The quantitative estimate of drug-likeness (QED) is 0.0576. The molecule has 3 aliphatic heterocycles. The molecule has 4 aromatic rings. The van der Waals surface area contributed by atoms with Crippen molar-refractivity contribution in [3.63, 3.8) is 0 Å². The minimum absolute atomic E-state index is 0. The SMILES string of the molecule is Cc1ncsc1-c1ccc([C@H](C)NC(=O)[C@@H]2C[C@@H](O)CN2C(=O)[C@@H](NC(=O)CCCCCc2cccc(CC[C@H](CCC(N)=O)NC(=O)[C@@H]3Cc4cccc5c4N3C(=O)[C@@H](N)CC5)c2)C(C)(C)C)cc1.Cl. The van der Waals surface area contributed by atoms with Gasteiger partial charge in [-0.25, -0.2) is 4.98 Å². The first-order valence-electron chi connectivity index (χ1n) is 24.8. The normalized spacial score (nSPS) is 19.7. The Hall–Kier alpha value is -5.68. The summed E-state index contributed by atoms with van der Waals surface area (Å²) in [4.78, 5) is 89.0. The molecule has 4 heterocycles. The van der Waals surface area contributed by atoms with Crippen molar-refractivity contribution in [1.82, 2.24) is 25.8 Å². The number of carbonyl (C=O) groups is 6. The highest BCUT2D eigenvalue weighted by Gasteiger charge is 2.45. The van der Waals surface area contributed by atoms with E-state index < -0.39 is 47.5 Å². The van der Waals surface area contributed by atoms with E-state index in [1.165, 1.54) is 4.90 Å². The first-order chi connectivity index (χ1) is 33.4. The van der Waals surface area contributed by atoms with Crippen LogP contribution in [0.3, 0.4) is 0 Å². The number of β-amino-alcohol motifs (C(OH)–C–C–N with tert-alkyl or cyclic N) is 1. The fourth-order valence-corrected chi connectivity index (χ4v) is 10.9. The maximum absolute atomic E-state index is 14.2. The second-order valence-electron chi connectivity index (χ2n) is 20.5. The van der Waals surface area contributed by atoms with Crippen LogP contribution in [-0.2, 0) is 54.5 Å². The van der Waals surface area contributed by atoms with Crippen LogP contribution in [0.4, 0.5) is 5.69 Å². The molecular formula is C54H71ClN8O7S. The number of nitrogens with two attached hydrogens (primary N) is 2. The highest BCUT2D eigenvalue weighted by molar-refractivity contribution is 7.13. The Morgan fingerprint density at radius 3 is 2.25 bits per heavy atom. The highest BCUT2D eigenvalue weighted by Crippen LogP contribution is 2.39. The van der Waals surface area contributed by atoms with Gasteiger partial charge in [-0.15, -0.1) is 23.7 Å². The lowest BCUT2D eigenvalue weighted by Crippen LogP contribution is -2.57. The number of benzene rings is 3. The number of hydrogen-bond acceptors (Lipinski definition) is 10. The molecule has 0 spiro atoms. The van der Waals surface area contributed by atoms with Gasteiger partial charge in [0.1, 0.15) is 18.1 Å². The molecule has 1 fully saturated rings. The van der Waals surface area contributed by atoms with E-state index in [0.29, 0.717) is 44.9 Å². The molecule has 1 saturated heterocycles. The van der Waals surface area contributed by atoms with Crippen LogP contribution >= 0.6 is 23.7 Å². The van der Waals surface area contributed by atoms with E-state index in [0.717, 1.165) is 68.9 Å². The van der Waals surface area contributed by atoms with Crippen molar-refractivity contribution in [2.24, 2.45) is 16.9 Å². The zero-order chi connectivity index (χ0) is 50.3. The molecular weight excluding hydrogens is 940 g/mol. The first-order valence-corrected chi connectivity index (χ1v) is 25.7. The van der Waals surface area contributed by atoms with Gasteiger partial charge in [-0.05, 0) is 104 Å². The number of carbonyl (C=O) groups excluding carboxylic acids is 6. The number of aryl methyl sites for hydroxylation is 4. The molecule has 3 aromatic carbocycles. The van der Waals surface area contributed by atoms with Crippen LogP contribution in [0.1, 0.15) is 125 Å². The van der Waals surface area contributed by atoms with E-state index in [2.05, 4.69) is 33.1 Å². The van der Waals surface area contributed by atoms with Crippen molar-refractivity contribution in [2.75, 3.05) is 11.4 Å². The van der Waals surface area contributed by atoms with Gasteiger partial charge < -0.3 is 37.4 Å². The average molecular weight is 1010 g/mol. The van der Waals surface area contributed by atoms with Gasteiger partial charge in [0.2, 0.25) is 35.4 Å². The summed E-state index contributed by atoms with van der Waals surface area (Å²) in [5.41, 5.74) is 20.9. The van der Waals surface area contributed by atoms with Gasteiger partial charge in [0.05, 0.1) is 40.0 Å². The molecule has 0 unspecified atom stereocenters. The number of hydrogen-bond donors (Lipinski definition) is 6. The lowest BCUT2D eigenvalue weighted by atomic mass is 9.85. The van der Waals surface area contributed by atoms with Crippen LogP contribution < -0.4 is 32.3 Å². The summed E-state index contributed by atoms with van der Waals surface area (Å²) in [6.07, 6.45) is 5.83. The number of nitrogens with zero attached hydrogens (tertiary/aromatic N) is 3. The zero-order valence-corrected chi connectivity index (χ0v) is 43.2. The van der Waals surface area contributed by atoms with Crippen molar-refractivity contribution < 1.29 is 33.9 Å². The highest BCUT2D eigenvalue weighted by atomic mass is 35.5. The van der Waals surface area contributed by atoms with Crippen molar-refractivity contribution in [1.29, 1.82) is 0 Å². The lowest BCUT2D eigenvalue weighted by Gasteiger charge is -2.35. The van der Waals surface area contributed by atoms with Gasteiger partial charge in [0.15, 0.2) is 0 Å². The number of thiazole rings is 1. The minimum atomic E-state index is -0.905. The molecule has 3 aliphatic rings. The molecule has 0 aliphatic carbocycles. The van der Waals surface area contributed by atoms with Gasteiger partial charge in [-0.2, -0.15) is 0 Å². The number of primary amides is 1. The third kappa shape index (κ3) is 13.6. The number of rotatable bonds is 20. The van der Waals surface area contributed by atoms with E-state index >= 15 is 0 Å². The number of aromatic nitrogens is 1. The summed E-state index contributed by atoms with van der Waals surface area (Å²) in [6, 6.07) is 18.3. The Labute approximate surface area is 427 Å². The lowest BCUT2D eigenvalue weighted by molar-refractivity contribution is -0.144. The molecule has 7 atom stereocenters. The van der Waals surface area contributed by atoms with Gasteiger partial charge in [0.25, 0.3) is 0 Å². The smallest absolute Gasteiger partial charge is 0.246 e. The first kappa shape index (κ1) is 54.6. The van der Waals surface area contributed by atoms with Gasteiger partial charge in [-0.1, -0.05) is 93.9 Å². The Balaban J connectivity index is 0.00000825. The number of aliphatic hydroxyl groups is 1. The number of unbranched alkanes of at least 4 members (excludes halogenated alkanes) is 2. The van der Waals surface area contributed by atoms with Crippen molar-refractivity contribution in [3.8, 4) is 10.4 Å². The number of aliphatic hydroxyl groups excluding tert-OH is 1. The van der Waals surface area contributed by atoms with Crippen LogP contribution in [0.15, 0.2) is 72.2 Å². The predicted molar refractivity (Wildman–Crippen MR) is 279 cm³/mol. The fourth-order valence-electron chi connectivity index (χ4n) is 10.1. The topological polar surface area (TPSA) is 230 Å². The molecule has 0 saturated carbocycles. The van der Waals surface area contributed by atoms with Crippen molar-refractivity contribution in [2.45, 2.75) is 160 Å². The molecule has 382 valence electrons. The molecule has 71 heavy (non-hydrogen) atoms. The van der Waals surface area contributed by atoms with E-state index in [-0.39, 0.29) is 73.9 Å². The van der Waals surface area contributed by atoms with E-state index in [1.54, 1.807) is 16.2 Å². The molecule has 17 heteroatoms. The maximum Gasteiger partial charge on any atom is 0.246 e. The average Bonchev–Trinajstić information content (AvgIpc) is 4.04. The summed E-state index contributed by atoms with van der Waals surface area (Å²) in [5, 5.41) is 19.9. The van der Waals surface area contributed by atoms with E-state index in [9.17, 15) is 33.9 Å². The maximum atomic E-state index is 14.2. The third-order valence-corrected chi connectivity index (χ3v) is 15.0. The molecule has 0 bridgehead atoms. The Kier molecular flexibility index (Phi) is 18.6. The summed E-state index contributed by atoms with van der Waals surface area (Å²) < 4.78 is 0. The molecule has 7 rings (SSSR count). The number of amides is 6. The number of anilines is 1. The minimum Gasteiger partial charge on any atom is -0.391 e. The summed E-state index contributed by atoms with van der Waals surface area (Å²) in [6.45, 7) is 9.49. The predicted octanol–water partition coefficient (Wildman–Crippen LogP) is 5.93. The van der Waals surface area contributed by atoms with Gasteiger partial charge in [-0.3, -0.25) is 33.7 Å². The van der Waals surface area contributed by atoms with Crippen LogP contribution in [-0.4, -0.2) is 93.3 Å². The van der Waals surface area contributed by atoms with Gasteiger partial charge in [0, 0.05) is 38.3 Å². The Bertz CT molecular complexity index is 2550. The fraction of sp³-hybridized carbons (Fsp3) is 0.500. The largest absolute Gasteiger partial charge is 0.391 e. The number of para-hydroxylation sites is 1. The molecule has 6 amide bonds. The van der Waals surface area contributed by atoms with Gasteiger partial charge >= 0.3 is 0 Å². The van der Waals surface area contributed by atoms with E-state index in [4.69, 9.17) is 11.5 Å². The van der Waals surface area contributed by atoms with Crippen molar-refractivity contribution >= 4 is 64.9 Å². The summed E-state index contributed by atoms with van der Waals surface area (Å²) in [7, 11) is 0. The summed E-state index contributed by atoms with van der Waals surface area (Å²) in [5.74, 6) is -1.96. The van der Waals surface area contributed by atoms with Crippen LogP contribution in [0.5, 0.6) is 0 Å². The molecule has 15 nitrogen and oxygen atoms in total. The molecule has 8 N–H and O–H groups in total.